The molecule has 0 atom stereocenters. The topological polar surface area (TPSA) is 25.8 Å². The molecule has 0 N–H and O–H groups in total. The molecule has 0 aliphatic rings. The van der Waals surface area contributed by atoms with E-state index < -0.39 is 0 Å². The van der Waals surface area contributed by atoms with Crippen LogP contribution in [0.15, 0.2) is 30.5 Å². The molecular weight excluding hydrogens is 220 g/mol. The Kier molecular flexibility index (Phi) is 3.20. The van der Waals surface area contributed by atoms with Crippen molar-refractivity contribution < 1.29 is 0 Å². The normalized spacial score (nSPS) is 10.4. The molecule has 0 bridgehead atoms. The van der Waals surface area contributed by atoms with Crippen LogP contribution in [0, 0.1) is 6.92 Å². The van der Waals surface area contributed by atoms with Crippen LogP contribution in [0.1, 0.15) is 18.1 Å². The fourth-order valence-electron chi connectivity index (χ4n) is 1.65. The van der Waals surface area contributed by atoms with Gasteiger partial charge in [-0.05, 0) is 42.1 Å². The molecule has 2 aromatic rings. The first-order valence-electron chi connectivity index (χ1n) is 5.29. The highest BCUT2D eigenvalue weighted by Gasteiger charge is 2.05. The molecule has 1 aromatic heterocycles. The second kappa shape index (κ2) is 4.62. The van der Waals surface area contributed by atoms with Crippen molar-refractivity contribution in [1.29, 1.82) is 0 Å². The summed E-state index contributed by atoms with van der Waals surface area (Å²) in [6.07, 6.45) is 2.77. The van der Waals surface area contributed by atoms with Gasteiger partial charge in [-0.2, -0.15) is 0 Å². The van der Waals surface area contributed by atoms with Crippen LogP contribution < -0.4 is 0 Å². The Morgan fingerprint density at radius 2 is 2.12 bits per heavy atom. The fourth-order valence-corrected chi connectivity index (χ4v) is 1.78. The van der Waals surface area contributed by atoms with Gasteiger partial charge < -0.3 is 0 Å². The number of hydrogen-bond acceptors (Lipinski definition) is 2. The van der Waals surface area contributed by atoms with E-state index in [4.69, 9.17) is 11.6 Å². The second-order valence-electron chi connectivity index (χ2n) is 3.72. The van der Waals surface area contributed by atoms with Gasteiger partial charge in [0.1, 0.15) is 0 Å². The van der Waals surface area contributed by atoms with Crippen LogP contribution in [0.4, 0.5) is 0 Å². The zero-order valence-corrected chi connectivity index (χ0v) is 10.1. The van der Waals surface area contributed by atoms with Crippen molar-refractivity contribution in [2.75, 3.05) is 0 Å². The van der Waals surface area contributed by atoms with E-state index in [0.29, 0.717) is 5.28 Å². The van der Waals surface area contributed by atoms with E-state index in [2.05, 4.69) is 29.0 Å². The van der Waals surface area contributed by atoms with Crippen molar-refractivity contribution >= 4 is 11.6 Å². The smallest absolute Gasteiger partial charge is 0.222 e. The average molecular weight is 233 g/mol. The molecule has 0 saturated heterocycles. The summed E-state index contributed by atoms with van der Waals surface area (Å²) in [6.45, 7) is 4.13. The molecule has 1 aromatic carbocycles. The lowest BCUT2D eigenvalue weighted by Gasteiger charge is -2.06. The quantitative estimate of drug-likeness (QED) is 0.739. The molecule has 0 aliphatic carbocycles. The van der Waals surface area contributed by atoms with Crippen molar-refractivity contribution in [2.45, 2.75) is 20.3 Å². The van der Waals surface area contributed by atoms with Gasteiger partial charge in [-0.15, -0.1) is 0 Å². The minimum atomic E-state index is 0.294. The molecule has 2 nitrogen and oxygen atoms in total. The Hall–Kier alpha value is -1.41. The van der Waals surface area contributed by atoms with Gasteiger partial charge in [0.25, 0.3) is 0 Å². The SMILES string of the molecule is CCc1cccc(-c2nc(Cl)ncc2C)c1. The van der Waals surface area contributed by atoms with Crippen LogP contribution in [0.2, 0.25) is 5.28 Å². The second-order valence-corrected chi connectivity index (χ2v) is 4.06. The Bertz CT molecular complexity index is 509. The molecule has 16 heavy (non-hydrogen) atoms. The lowest BCUT2D eigenvalue weighted by Crippen LogP contribution is -1.92. The minimum Gasteiger partial charge on any atom is -0.226 e. The number of hydrogen-bond donors (Lipinski definition) is 0. The lowest BCUT2D eigenvalue weighted by atomic mass is 10.0. The monoisotopic (exact) mass is 232 g/mol. The van der Waals surface area contributed by atoms with Gasteiger partial charge in [0, 0.05) is 11.8 Å². The summed E-state index contributed by atoms with van der Waals surface area (Å²) in [5, 5.41) is 0.294. The van der Waals surface area contributed by atoms with Gasteiger partial charge in [-0.25, -0.2) is 9.97 Å². The molecule has 1 heterocycles. The van der Waals surface area contributed by atoms with Crippen LogP contribution in [-0.4, -0.2) is 9.97 Å². The highest BCUT2D eigenvalue weighted by atomic mass is 35.5. The number of halogens is 1. The predicted octanol–water partition coefficient (Wildman–Crippen LogP) is 3.67. The molecule has 0 spiro atoms. The molecule has 2 rings (SSSR count). The Morgan fingerprint density at radius 1 is 1.31 bits per heavy atom. The zero-order valence-electron chi connectivity index (χ0n) is 9.37. The molecule has 82 valence electrons. The van der Waals surface area contributed by atoms with E-state index in [0.717, 1.165) is 23.2 Å². The van der Waals surface area contributed by atoms with Gasteiger partial charge in [0.2, 0.25) is 5.28 Å². The zero-order chi connectivity index (χ0) is 11.5. The molecule has 0 amide bonds. The van der Waals surface area contributed by atoms with Crippen LogP contribution in [0.3, 0.4) is 0 Å². The lowest BCUT2D eigenvalue weighted by molar-refractivity contribution is 1.12. The summed E-state index contributed by atoms with van der Waals surface area (Å²) in [5.74, 6) is 0. The maximum absolute atomic E-state index is 5.82. The van der Waals surface area contributed by atoms with E-state index in [1.165, 1.54) is 5.56 Å². The number of benzene rings is 1. The van der Waals surface area contributed by atoms with Gasteiger partial charge in [0.15, 0.2) is 0 Å². The van der Waals surface area contributed by atoms with E-state index in [1.54, 1.807) is 6.20 Å². The van der Waals surface area contributed by atoms with E-state index >= 15 is 0 Å². The standard InChI is InChI=1S/C13H13ClN2/c1-3-10-5-4-6-11(7-10)12-9(2)8-15-13(14)16-12/h4-8H,3H2,1-2H3. The van der Waals surface area contributed by atoms with Crippen molar-refractivity contribution in [2.24, 2.45) is 0 Å². The van der Waals surface area contributed by atoms with Gasteiger partial charge in [-0.3, -0.25) is 0 Å². The maximum Gasteiger partial charge on any atom is 0.222 e. The largest absolute Gasteiger partial charge is 0.226 e. The molecule has 3 heteroatoms. The van der Waals surface area contributed by atoms with Gasteiger partial charge in [-0.1, -0.05) is 25.1 Å². The molecule has 0 unspecified atom stereocenters. The summed E-state index contributed by atoms with van der Waals surface area (Å²) >= 11 is 5.82. The minimum absolute atomic E-state index is 0.294. The summed E-state index contributed by atoms with van der Waals surface area (Å²) < 4.78 is 0. The van der Waals surface area contributed by atoms with Gasteiger partial charge >= 0.3 is 0 Å². The number of nitrogens with zero attached hydrogens (tertiary/aromatic N) is 2. The van der Waals surface area contributed by atoms with E-state index in [1.807, 2.05) is 19.1 Å². The molecule has 0 aliphatic heterocycles. The summed E-state index contributed by atoms with van der Waals surface area (Å²) in [5.41, 5.74) is 4.35. The first kappa shape index (κ1) is 11.1. The van der Waals surface area contributed by atoms with Crippen LogP contribution in [-0.2, 0) is 6.42 Å². The highest BCUT2D eigenvalue weighted by molar-refractivity contribution is 6.28. The van der Waals surface area contributed by atoms with Crippen molar-refractivity contribution in [3.8, 4) is 11.3 Å². The number of rotatable bonds is 2. The number of aryl methyl sites for hydroxylation is 2. The first-order valence-corrected chi connectivity index (χ1v) is 5.67. The van der Waals surface area contributed by atoms with Crippen LogP contribution in [0.25, 0.3) is 11.3 Å². The van der Waals surface area contributed by atoms with Crippen LogP contribution >= 0.6 is 11.6 Å². The van der Waals surface area contributed by atoms with Crippen molar-refractivity contribution in [1.82, 2.24) is 9.97 Å². The first-order chi connectivity index (χ1) is 7.70. The highest BCUT2D eigenvalue weighted by Crippen LogP contribution is 2.22. The third-order valence-corrected chi connectivity index (χ3v) is 2.73. The van der Waals surface area contributed by atoms with E-state index in [-0.39, 0.29) is 0 Å². The van der Waals surface area contributed by atoms with Gasteiger partial charge in [0.05, 0.1) is 5.69 Å². The molecule has 0 radical (unpaired) electrons. The van der Waals surface area contributed by atoms with Crippen LogP contribution in [0.5, 0.6) is 0 Å². The predicted molar refractivity (Wildman–Crippen MR) is 66.6 cm³/mol. The van der Waals surface area contributed by atoms with Crippen molar-refractivity contribution in [3.05, 3.63) is 46.9 Å². The maximum atomic E-state index is 5.82. The Labute approximate surface area is 100 Å². The molecule has 0 fully saturated rings. The third kappa shape index (κ3) is 2.22. The number of aromatic nitrogens is 2. The summed E-state index contributed by atoms with van der Waals surface area (Å²) in [4.78, 5) is 8.23. The fraction of sp³-hybridized carbons (Fsp3) is 0.231. The summed E-state index contributed by atoms with van der Waals surface area (Å²) in [7, 11) is 0. The van der Waals surface area contributed by atoms with E-state index in [9.17, 15) is 0 Å². The molecule has 0 saturated carbocycles. The summed E-state index contributed by atoms with van der Waals surface area (Å²) in [6, 6.07) is 8.35. The molecular formula is C13H13ClN2. The third-order valence-electron chi connectivity index (χ3n) is 2.55. The Morgan fingerprint density at radius 3 is 2.88 bits per heavy atom. The van der Waals surface area contributed by atoms with Crippen molar-refractivity contribution in [3.63, 3.8) is 0 Å². The average Bonchev–Trinajstić information content (AvgIpc) is 2.32. The Balaban J connectivity index is 2.53.